The number of hydrogen-bond donors (Lipinski definition) is 0. The molecule has 0 atom stereocenters. The zero-order valence-electron chi connectivity index (χ0n) is 13.1. The highest BCUT2D eigenvalue weighted by Gasteiger charge is 2.05. The van der Waals surface area contributed by atoms with Gasteiger partial charge in [-0.1, -0.05) is 24.3 Å². The average Bonchev–Trinajstić information content (AvgIpc) is 2.58. The molecule has 0 bridgehead atoms. The second kappa shape index (κ2) is 7.98. The quantitative estimate of drug-likeness (QED) is 0.767. The minimum atomic E-state index is -0.278. The summed E-state index contributed by atoms with van der Waals surface area (Å²) in [6, 6.07) is 14.4. The maximum atomic E-state index is 11.2. The van der Waals surface area contributed by atoms with Gasteiger partial charge < -0.3 is 14.2 Å². The number of carbonyl (C=O) groups is 2. The van der Waals surface area contributed by atoms with Crippen molar-refractivity contribution < 1.29 is 23.8 Å². The number of rotatable bonds is 6. The zero-order valence-corrected chi connectivity index (χ0v) is 13.1. The molecule has 0 aliphatic rings. The van der Waals surface area contributed by atoms with Gasteiger partial charge in [-0.05, 0) is 35.4 Å². The van der Waals surface area contributed by atoms with Crippen LogP contribution in [0.1, 0.15) is 11.1 Å². The molecule has 2 rings (SSSR count). The molecule has 0 N–H and O–H groups in total. The van der Waals surface area contributed by atoms with Crippen LogP contribution in [0.2, 0.25) is 0 Å². The van der Waals surface area contributed by atoms with Gasteiger partial charge in [0.15, 0.2) is 0 Å². The van der Waals surface area contributed by atoms with Crippen LogP contribution in [0.5, 0.6) is 11.5 Å². The van der Waals surface area contributed by atoms with Gasteiger partial charge in [-0.15, -0.1) is 0 Å². The fourth-order valence-corrected chi connectivity index (χ4v) is 1.96. The zero-order chi connectivity index (χ0) is 16.7. The Morgan fingerprint density at radius 2 is 1.04 bits per heavy atom. The summed E-state index contributed by atoms with van der Waals surface area (Å²) in [4.78, 5) is 22.4. The predicted octanol–water partition coefficient (Wildman–Crippen LogP) is 2.91. The average molecular weight is 314 g/mol. The van der Waals surface area contributed by atoms with Crippen molar-refractivity contribution in [3.63, 3.8) is 0 Å². The molecule has 2 aromatic rings. The van der Waals surface area contributed by atoms with Gasteiger partial charge in [0, 0.05) is 0 Å². The van der Waals surface area contributed by atoms with Crippen LogP contribution in [0.4, 0.5) is 0 Å². The summed E-state index contributed by atoms with van der Waals surface area (Å²) in [5, 5.41) is 0. The molecule has 0 fully saturated rings. The highest BCUT2D eigenvalue weighted by molar-refractivity contribution is 5.72. The molecular formula is C18H18O5. The van der Waals surface area contributed by atoms with Crippen LogP contribution in [0, 0.1) is 0 Å². The van der Waals surface area contributed by atoms with E-state index in [0.717, 1.165) is 11.1 Å². The summed E-state index contributed by atoms with van der Waals surface area (Å²) in [7, 11) is 2.73. The Balaban J connectivity index is 1.96. The van der Waals surface area contributed by atoms with E-state index in [4.69, 9.17) is 4.74 Å². The summed E-state index contributed by atoms with van der Waals surface area (Å²) in [6.07, 6.45) is 0.470. The molecule has 0 unspecified atom stereocenters. The lowest BCUT2D eigenvalue weighted by Gasteiger charge is -2.07. The van der Waals surface area contributed by atoms with Crippen LogP contribution in [0.25, 0.3) is 0 Å². The van der Waals surface area contributed by atoms with Crippen molar-refractivity contribution in [1.82, 2.24) is 0 Å². The molecule has 0 spiro atoms. The highest BCUT2D eigenvalue weighted by Crippen LogP contribution is 2.22. The summed E-state index contributed by atoms with van der Waals surface area (Å²) in [5.74, 6) is 0.776. The van der Waals surface area contributed by atoms with E-state index in [1.54, 1.807) is 24.3 Å². The van der Waals surface area contributed by atoms with E-state index in [2.05, 4.69) is 9.47 Å². The van der Waals surface area contributed by atoms with Gasteiger partial charge in [-0.2, -0.15) is 0 Å². The summed E-state index contributed by atoms with van der Waals surface area (Å²) in [6.45, 7) is 0. The molecule has 5 heteroatoms. The normalized spacial score (nSPS) is 10.0. The number of benzene rings is 2. The van der Waals surface area contributed by atoms with Crippen molar-refractivity contribution >= 4 is 11.9 Å². The van der Waals surface area contributed by atoms with Crippen molar-refractivity contribution in [2.75, 3.05) is 14.2 Å². The molecule has 0 aromatic heterocycles. The first-order chi connectivity index (χ1) is 11.1. The van der Waals surface area contributed by atoms with Crippen LogP contribution in [-0.4, -0.2) is 26.2 Å². The Bertz CT molecular complexity index is 599. The highest BCUT2D eigenvalue weighted by atomic mass is 16.5. The van der Waals surface area contributed by atoms with Crippen LogP contribution in [-0.2, 0) is 31.9 Å². The maximum absolute atomic E-state index is 11.2. The fraction of sp³-hybridized carbons (Fsp3) is 0.222. The van der Waals surface area contributed by atoms with E-state index in [-0.39, 0.29) is 24.8 Å². The van der Waals surface area contributed by atoms with E-state index < -0.39 is 0 Å². The molecule has 0 heterocycles. The van der Waals surface area contributed by atoms with E-state index in [1.165, 1.54) is 14.2 Å². The van der Waals surface area contributed by atoms with Gasteiger partial charge in [0.2, 0.25) is 0 Å². The molecule has 0 amide bonds. The molecule has 120 valence electrons. The Labute approximate surface area is 134 Å². The monoisotopic (exact) mass is 314 g/mol. The van der Waals surface area contributed by atoms with Crippen LogP contribution in [0.3, 0.4) is 0 Å². The molecule has 23 heavy (non-hydrogen) atoms. The maximum Gasteiger partial charge on any atom is 0.309 e. The lowest BCUT2D eigenvalue weighted by molar-refractivity contribution is -0.140. The minimum Gasteiger partial charge on any atom is -0.469 e. The van der Waals surface area contributed by atoms with Crippen LogP contribution < -0.4 is 4.74 Å². The van der Waals surface area contributed by atoms with Gasteiger partial charge in [0.1, 0.15) is 11.5 Å². The second-order valence-corrected chi connectivity index (χ2v) is 4.90. The third-order valence-electron chi connectivity index (χ3n) is 3.23. The van der Waals surface area contributed by atoms with E-state index in [1.807, 2.05) is 24.3 Å². The summed E-state index contributed by atoms with van der Waals surface area (Å²) < 4.78 is 15.0. The van der Waals surface area contributed by atoms with Gasteiger partial charge in [-0.25, -0.2) is 0 Å². The van der Waals surface area contributed by atoms with Crippen molar-refractivity contribution in [2.24, 2.45) is 0 Å². The second-order valence-electron chi connectivity index (χ2n) is 4.90. The number of carbonyl (C=O) groups excluding carboxylic acids is 2. The molecule has 0 aliphatic carbocycles. The van der Waals surface area contributed by atoms with Crippen molar-refractivity contribution in [1.29, 1.82) is 0 Å². The van der Waals surface area contributed by atoms with Crippen LogP contribution >= 0.6 is 0 Å². The topological polar surface area (TPSA) is 61.8 Å². The molecule has 5 nitrogen and oxygen atoms in total. The van der Waals surface area contributed by atoms with Gasteiger partial charge >= 0.3 is 11.9 Å². The molecule has 2 aromatic carbocycles. The van der Waals surface area contributed by atoms with Crippen molar-refractivity contribution in [3.05, 3.63) is 59.7 Å². The van der Waals surface area contributed by atoms with E-state index in [0.29, 0.717) is 11.5 Å². The smallest absolute Gasteiger partial charge is 0.309 e. The fourth-order valence-electron chi connectivity index (χ4n) is 1.96. The minimum absolute atomic E-state index is 0.235. The third-order valence-corrected chi connectivity index (χ3v) is 3.23. The Hall–Kier alpha value is -2.82. The van der Waals surface area contributed by atoms with E-state index in [9.17, 15) is 9.59 Å². The molecule has 0 radical (unpaired) electrons. The molecule has 0 saturated carbocycles. The first kappa shape index (κ1) is 16.5. The number of esters is 2. The first-order valence-corrected chi connectivity index (χ1v) is 7.10. The predicted molar refractivity (Wildman–Crippen MR) is 84.4 cm³/mol. The lowest BCUT2D eigenvalue weighted by atomic mass is 10.1. The van der Waals surface area contributed by atoms with Crippen LogP contribution in [0.15, 0.2) is 48.5 Å². The standard InChI is InChI=1S/C18H18O5/c1-21-17(19)11-13-3-7-15(8-4-13)23-16-9-5-14(6-10-16)12-18(20)22-2/h3-10H,11-12H2,1-2H3. The van der Waals surface area contributed by atoms with Gasteiger partial charge in [-0.3, -0.25) is 9.59 Å². The molecule has 0 aliphatic heterocycles. The SMILES string of the molecule is COC(=O)Cc1ccc(Oc2ccc(CC(=O)OC)cc2)cc1. The lowest BCUT2D eigenvalue weighted by Crippen LogP contribution is -2.04. The summed E-state index contributed by atoms with van der Waals surface area (Å²) >= 11 is 0. The van der Waals surface area contributed by atoms with Crippen molar-refractivity contribution in [2.45, 2.75) is 12.8 Å². The number of ether oxygens (including phenoxy) is 3. The Morgan fingerprint density at radius 3 is 1.35 bits per heavy atom. The first-order valence-electron chi connectivity index (χ1n) is 7.10. The third kappa shape index (κ3) is 5.14. The van der Waals surface area contributed by atoms with Crippen molar-refractivity contribution in [3.8, 4) is 11.5 Å². The molecule has 0 saturated heterocycles. The Morgan fingerprint density at radius 1 is 0.696 bits per heavy atom. The molecular weight excluding hydrogens is 296 g/mol. The number of hydrogen-bond acceptors (Lipinski definition) is 5. The Kier molecular flexibility index (Phi) is 5.74. The van der Waals surface area contributed by atoms with E-state index >= 15 is 0 Å². The number of methoxy groups -OCH3 is 2. The summed E-state index contributed by atoms with van der Waals surface area (Å²) in [5.41, 5.74) is 1.72. The van der Waals surface area contributed by atoms with Gasteiger partial charge in [0.05, 0.1) is 27.1 Å². The van der Waals surface area contributed by atoms with Gasteiger partial charge in [0.25, 0.3) is 0 Å². The largest absolute Gasteiger partial charge is 0.469 e.